The van der Waals surface area contributed by atoms with Crippen LogP contribution in [0.25, 0.3) is 0 Å². The first-order valence-corrected chi connectivity index (χ1v) is 4.82. The lowest BCUT2D eigenvalue weighted by Gasteiger charge is -2.25. The molecule has 0 saturated heterocycles. The number of carbonyl (C=O) groups is 2. The van der Waals surface area contributed by atoms with Gasteiger partial charge in [0.05, 0.1) is 6.54 Å². The lowest BCUT2D eigenvalue weighted by atomic mass is 10.2. The van der Waals surface area contributed by atoms with Gasteiger partial charge in [-0.2, -0.15) is 0 Å². The minimum absolute atomic E-state index is 0.280. The minimum atomic E-state index is -1.22. The van der Waals surface area contributed by atoms with Gasteiger partial charge in [0.25, 0.3) is 0 Å². The fourth-order valence-corrected chi connectivity index (χ4v) is 0.902. The summed E-state index contributed by atoms with van der Waals surface area (Å²) in [7, 11) is 0. The summed E-state index contributed by atoms with van der Waals surface area (Å²) in [6, 6.07) is 0. The van der Waals surface area contributed by atoms with E-state index in [1.165, 1.54) is 0 Å². The van der Waals surface area contributed by atoms with Gasteiger partial charge >= 0.3 is 12.1 Å². The third kappa shape index (κ3) is 6.98. The largest absolute Gasteiger partial charge is 0.480 e. The standard InChI is InChI=1S/C9H17N3O5/c1-9(2,3)17-8(15)12(5-7(13)14)4-6(10)11-16/h16H,4-5H2,1-3H3,(H2,10,11)(H,13,14). The van der Waals surface area contributed by atoms with Crippen LogP contribution in [0.1, 0.15) is 20.8 Å². The predicted molar refractivity (Wildman–Crippen MR) is 58.9 cm³/mol. The Kier molecular flexibility index (Phi) is 5.23. The molecule has 0 aliphatic heterocycles. The SMILES string of the molecule is CC(C)(C)OC(=O)N(CC(=O)O)C/C(N)=N/O. The van der Waals surface area contributed by atoms with Crippen molar-refractivity contribution in [1.29, 1.82) is 0 Å². The van der Waals surface area contributed by atoms with Crippen molar-refractivity contribution >= 4 is 17.9 Å². The van der Waals surface area contributed by atoms with Crippen molar-refractivity contribution in [3.63, 3.8) is 0 Å². The summed E-state index contributed by atoms with van der Waals surface area (Å²) in [5.41, 5.74) is 4.46. The number of carbonyl (C=O) groups excluding carboxylic acids is 1. The van der Waals surface area contributed by atoms with Gasteiger partial charge in [0, 0.05) is 0 Å². The maximum atomic E-state index is 11.6. The summed E-state index contributed by atoms with van der Waals surface area (Å²) >= 11 is 0. The van der Waals surface area contributed by atoms with Crippen molar-refractivity contribution < 1.29 is 24.6 Å². The Bertz CT molecular complexity index is 321. The van der Waals surface area contributed by atoms with Crippen molar-refractivity contribution in [2.45, 2.75) is 26.4 Å². The Morgan fingerprint density at radius 1 is 1.35 bits per heavy atom. The van der Waals surface area contributed by atoms with Gasteiger partial charge in [-0.05, 0) is 20.8 Å². The first-order chi connectivity index (χ1) is 7.65. The van der Waals surface area contributed by atoms with Gasteiger partial charge in [-0.3, -0.25) is 9.69 Å². The number of aliphatic carboxylic acids is 1. The highest BCUT2D eigenvalue weighted by atomic mass is 16.6. The number of nitrogens with zero attached hydrogens (tertiary/aromatic N) is 2. The Morgan fingerprint density at radius 2 is 1.88 bits per heavy atom. The van der Waals surface area contributed by atoms with Crippen LogP contribution in [-0.2, 0) is 9.53 Å². The molecular weight excluding hydrogens is 230 g/mol. The number of oxime groups is 1. The predicted octanol–water partition coefficient (Wildman–Crippen LogP) is 0.0545. The van der Waals surface area contributed by atoms with E-state index in [4.69, 9.17) is 20.8 Å². The van der Waals surface area contributed by atoms with Crippen LogP contribution in [-0.4, -0.2) is 51.8 Å². The van der Waals surface area contributed by atoms with Gasteiger partial charge in [0.15, 0.2) is 5.84 Å². The summed E-state index contributed by atoms with van der Waals surface area (Å²) in [5.74, 6) is -1.50. The molecule has 0 atom stereocenters. The Hall–Kier alpha value is -1.99. The maximum absolute atomic E-state index is 11.6. The topological polar surface area (TPSA) is 125 Å². The molecule has 0 rings (SSSR count). The summed E-state index contributed by atoms with van der Waals surface area (Å²) in [5, 5.41) is 19.7. The highest BCUT2D eigenvalue weighted by Crippen LogP contribution is 2.09. The van der Waals surface area contributed by atoms with Crippen LogP contribution < -0.4 is 5.73 Å². The third-order valence-corrected chi connectivity index (χ3v) is 1.46. The van der Waals surface area contributed by atoms with E-state index in [-0.39, 0.29) is 12.4 Å². The summed E-state index contributed by atoms with van der Waals surface area (Å²) in [6.07, 6.45) is -0.841. The average molecular weight is 247 g/mol. The van der Waals surface area contributed by atoms with Crippen LogP contribution in [0.5, 0.6) is 0 Å². The second-order valence-corrected chi connectivity index (χ2v) is 4.32. The zero-order chi connectivity index (χ0) is 13.6. The maximum Gasteiger partial charge on any atom is 0.411 e. The van der Waals surface area contributed by atoms with Gasteiger partial charge in [-0.1, -0.05) is 5.16 Å². The molecule has 0 unspecified atom stereocenters. The van der Waals surface area contributed by atoms with Gasteiger partial charge in [-0.25, -0.2) is 4.79 Å². The molecule has 0 spiro atoms. The Balaban J connectivity index is 4.68. The molecule has 0 radical (unpaired) electrons. The molecule has 4 N–H and O–H groups in total. The summed E-state index contributed by atoms with van der Waals surface area (Å²) in [6.45, 7) is 4.02. The van der Waals surface area contributed by atoms with Crippen LogP contribution >= 0.6 is 0 Å². The molecule has 0 aliphatic carbocycles. The smallest absolute Gasteiger partial charge is 0.411 e. The average Bonchev–Trinajstić information content (AvgIpc) is 2.13. The number of rotatable bonds is 4. The first kappa shape index (κ1) is 15.0. The van der Waals surface area contributed by atoms with E-state index >= 15 is 0 Å². The number of carboxylic acid groups (broad SMARTS) is 1. The number of ether oxygens (including phenoxy) is 1. The molecule has 8 heteroatoms. The van der Waals surface area contributed by atoms with Crippen molar-refractivity contribution in [3.8, 4) is 0 Å². The van der Waals surface area contributed by atoms with Crippen LogP contribution in [0.15, 0.2) is 5.16 Å². The number of amidine groups is 1. The summed E-state index contributed by atoms with van der Waals surface area (Å²) < 4.78 is 4.98. The fraction of sp³-hybridized carbons (Fsp3) is 0.667. The highest BCUT2D eigenvalue weighted by molar-refractivity contribution is 5.86. The molecule has 17 heavy (non-hydrogen) atoms. The number of amides is 1. The molecular formula is C9H17N3O5. The van der Waals surface area contributed by atoms with Gasteiger partial charge < -0.3 is 20.8 Å². The molecule has 8 nitrogen and oxygen atoms in total. The number of hydrogen-bond donors (Lipinski definition) is 3. The van der Waals surface area contributed by atoms with Crippen LogP contribution in [0.2, 0.25) is 0 Å². The van der Waals surface area contributed by atoms with E-state index in [1.807, 2.05) is 0 Å². The molecule has 0 bridgehead atoms. The molecule has 0 heterocycles. The molecule has 0 fully saturated rings. The van der Waals surface area contributed by atoms with Crippen LogP contribution in [0.4, 0.5) is 4.79 Å². The highest BCUT2D eigenvalue weighted by Gasteiger charge is 2.24. The van der Waals surface area contributed by atoms with E-state index in [1.54, 1.807) is 20.8 Å². The molecule has 0 aromatic heterocycles. The molecule has 0 aromatic rings. The van der Waals surface area contributed by atoms with E-state index in [0.29, 0.717) is 0 Å². The molecule has 98 valence electrons. The third-order valence-electron chi connectivity index (χ3n) is 1.46. The zero-order valence-corrected chi connectivity index (χ0v) is 10.0. The Labute approximate surface area is 98.6 Å². The molecule has 1 amide bonds. The second kappa shape index (κ2) is 5.92. The quantitative estimate of drug-likeness (QED) is 0.279. The van der Waals surface area contributed by atoms with Crippen molar-refractivity contribution in [3.05, 3.63) is 0 Å². The van der Waals surface area contributed by atoms with Crippen molar-refractivity contribution in [2.75, 3.05) is 13.1 Å². The normalized spacial score (nSPS) is 12.1. The fourth-order valence-electron chi connectivity index (χ4n) is 0.902. The van der Waals surface area contributed by atoms with E-state index in [0.717, 1.165) is 4.90 Å². The van der Waals surface area contributed by atoms with E-state index in [9.17, 15) is 9.59 Å². The number of nitrogens with two attached hydrogens (primary N) is 1. The van der Waals surface area contributed by atoms with Crippen LogP contribution in [0.3, 0.4) is 0 Å². The zero-order valence-electron chi connectivity index (χ0n) is 10.0. The molecule has 0 saturated carbocycles. The van der Waals surface area contributed by atoms with Crippen LogP contribution in [0, 0.1) is 0 Å². The van der Waals surface area contributed by atoms with Crippen molar-refractivity contribution in [1.82, 2.24) is 4.90 Å². The number of hydrogen-bond acceptors (Lipinski definition) is 5. The minimum Gasteiger partial charge on any atom is -0.480 e. The second-order valence-electron chi connectivity index (χ2n) is 4.32. The van der Waals surface area contributed by atoms with Gasteiger partial charge in [-0.15, -0.1) is 0 Å². The Morgan fingerprint density at radius 3 is 2.24 bits per heavy atom. The molecule has 0 aliphatic rings. The van der Waals surface area contributed by atoms with Gasteiger partial charge in [0.2, 0.25) is 0 Å². The lowest BCUT2D eigenvalue weighted by molar-refractivity contribution is -0.138. The molecule has 0 aromatic carbocycles. The van der Waals surface area contributed by atoms with E-state index in [2.05, 4.69) is 5.16 Å². The summed E-state index contributed by atoms with van der Waals surface area (Å²) in [4.78, 5) is 23.0. The van der Waals surface area contributed by atoms with E-state index < -0.39 is 24.2 Å². The van der Waals surface area contributed by atoms with Crippen molar-refractivity contribution in [2.24, 2.45) is 10.9 Å². The lowest BCUT2D eigenvalue weighted by Crippen LogP contribution is -2.44. The first-order valence-electron chi connectivity index (χ1n) is 4.82. The monoisotopic (exact) mass is 247 g/mol. The van der Waals surface area contributed by atoms with Gasteiger partial charge in [0.1, 0.15) is 12.1 Å². The number of carboxylic acids is 1.